The lowest BCUT2D eigenvalue weighted by Crippen LogP contribution is -2.65. The molecule has 0 bridgehead atoms. The van der Waals surface area contributed by atoms with Gasteiger partial charge in [0.05, 0.1) is 18.9 Å². The van der Waals surface area contributed by atoms with Gasteiger partial charge in [-0.1, -0.05) is 72.6 Å². The number of halogens is 4. The molecule has 12 atom stereocenters. The van der Waals surface area contributed by atoms with Crippen LogP contribution in [0.3, 0.4) is 0 Å². The van der Waals surface area contributed by atoms with Gasteiger partial charge in [0.15, 0.2) is 0 Å². The summed E-state index contributed by atoms with van der Waals surface area (Å²) in [6.07, 6.45) is 3.97. The number of hydrogen-bond donors (Lipinski definition) is 3. The zero-order valence-corrected chi connectivity index (χ0v) is 62.0. The highest BCUT2D eigenvalue weighted by Gasteiger charge is 2.52. The summed E-state index contributed by atoms with van der Waals surface area (Å²) < 4.78 is 47.4. The molecule has 4 aliphatic heterocycles. The van der Waals surface area contributed by atoms with Gasteiger partial charge < -0.3 is 64.8 Å². The molecule has 100 heavy (non-hydrogen) atoms. The number of carbonyl (C=O) groups is 12. The van der Waals surface area contributed by atoms with Crippen LogP contribution in [0.2, 0.25) is 0 Å². The fraction of sp³-hybridized carbons (Fsp3) is 0.831. The van der Waals surface area contributed by atoms with Crippen molar-refractivity contribution in [1.82, 2.24) is 60.0 Å². The first-order chi connectivity index (χ1) is 47.1. The Labute approximate surface area is 594 Å². The molecule has 7 fully saturated rings. The fourth-order valence-electron chi connectivity index (χ4n) is 16.3. The number of methoxy groups -OCH3 is 1. The first-order valence-electron chi connectivity index (χ1n) is 36.7. The lowest BCUT2D eigenvalue weighted by molar-refractivity contribution is -0.182. The Morgan fingerprint density at radius 1 is 0.600 bits per heavy atom. The summed E-state index contributed by atoms with van der Waals surface area (Å²) in [5, 5.41) is 7.50. The van der Waals surface area contributed by atoms with Crippen LogP contribution in [0, 0.1) is 29.6 Å². The molecule has 12 amide bonds. The van der Waals surface area contributed by atoms with Gasteiger partial charge in [0.25, 0.3) is 0 Å². The summed E-state index contributed by atoms with van der Waals surface area (Å²) >= 11 is 6.40. The lowest BCUT2D eigenvalue weighted by atomic mass is 9.78. The highest BCUT2D eigenvalue weighted by atomic mass is 35.5. The molecule has 0 aromatic rings. The number of alkyl halides is 4. The van der Waals surface area contributed by atoms with E-state index in [1.54, 1.807) is 18.7 Å². The molecule has 0 aromatic carbocycles. The van der Waals surface area contributed by atoms with Gasteiger partial charge in [-0.15, -0.1) is 11.6 Å². The Hall–Kier alpha value is -6.32. The number of likely N-dealkylation sites (N-methyl/N-ethyl adjacent to an activating group) is 6. The third-order valence-corrected chi connectivity index (χ3v) is 23.2. The van der Waals surface area contributed by atoms with Crippen LogP contribution in [0.15, 0.2) is 0 Å². The minimum atomic E-state index is -4.51. The van der Waals surface area contributed by atoms with Gasteiger partial charge in [-0.25, -0.2) is 0 Å². The van der Waals surface area contributed by atoms with Crippen LogP contribution >= 0.6 is 11.6 Å². The predicted octanol–water partition coefficient (Wildman–Crippen LogP) is 5.08. The number of piperidine rings is 1. The van der Waals surface area contributed by atoms with Gasteiger partial charge in [0.1, 0.15) is 59.9 Å². The van der Waals surface area contributed by atoms with Crippen LogP contribution < -0.4 is 16.0 Å². The molecule has 3 aliphatic carbocycles. The molecule has 0 aromatic heterocycles. The monoisotopic (exact) mass is 1430 g/mol. The second kappa shape index (κ2) is 35.7. The molecule has 29 heteroatoms. The number of rotatable bonds is 12. The smallest absolute Gasteiger partial charge is 0.385 e. The maximum Gasteiger partial charge on any atom is 0.393 e. The van der Waals surface area contributed by atoms with Gasteiger partial charge in [0, 0.05) is 87.6 Å². The minimum absolute atomic E-state index is 0.00200. The maximum absolute atomic E-state index is 15.4. The molecule has 4 heterocycles. The van der Waals surface area contributed by atoms with Crippen LogP contribution in [-0.4, -0.2) is 275 Å². The van der Waals surface area contributed by atoms with Crippen molar-refractivity contribution in [3.8, 4) is 0 Å². The van der Waals surface area contributed by atoms with Crippen molar-refractivity contribution in [2.45, 2.75) is 260 Å². The van der Waals surface area contributed by atoms with Crippen molar-refractivity contribution < 1.29 is 75.4 Å². The fourth-order valence-corrected chi connectivity index (χ4v) is 16.9. The van der Waals surface area contributed by atoms with E-state index >= 15 is 19.2 Å². The second-order valence-corrected chi connectivity index (χ2v) is 31.1. The molecule has 7 aliphatic rings. The highest BCUT2D eigenvalue weighted by Crippen LogP contribution is 2.44. The van der Waals surface area contributed by atoms with E-state index in [1.165, 1.54) is 95.5 Å². The number of fused-ring (bicyclic) bond motifs is 2. The van der Waals surface area contributed by atoms with Crippen molar-refractivity contribution in [3.63, 3.8) is 0 Å². The van der Waals surface area contributed by atoms with E-state index in [0.29, 0.717) is 45.2 Å². The molecule has 3 N–H and O–H groups in total. The first kappa shape index (κ1) is 81.0. The van der Waals surface area contributed by atoms with Crippen LogP contribution in [0.25, 0.3) is 0 Å². The second-order valence-electron chi connectivity index (χ2n) is 30.5. The topological polar surface area (TPSA) is 279 Å². The molecule has 4 saturated heterocycles. The van der Waals surface area contributed by atoms with Gasteiger partial charge in [-0.3, -0.25) is 57.5 Å². The lowest BCUT2D eigenvalue weighted by Gasteiger charge is -2.45. The third kappa shape index (κ3) is 19.5. The SMILES string of the molecule is COCC[C@@H]1NC(=O)[C@H](CC(C)C)N(C)C(=O)C[C@@H](C(=O)N2CCCCC2)N(C)C(=O)[C@H](C(C)C)N(C)C(=O)C2(CCCC2)NC(=O)[C@@H]2CCCN2C(=O)[C@H](CCC2CCC(C(F)(F)F)C(Cl)C2)NC(=O)CN(C)C(=O)[C@H](CC2CCCCC2)N(C)C(=O)[C@@H]2CCN2C(=O)[C@H](C)N(C)C1=O. The van der Waals surface area contributed by atoms with Gasteiger partial charge in [-0.05, 0) is 133 Å². The van der Waals surface area contributed by atoms with Crippen LogP contribution in [0.5, 0.6) is 0 Å². The van der Waals surface area contributed by atoms with Gasteiger partial charge in [0.2, 0.25) is 70.9 Å². The maximum atomic E-state index is 15.4. The third-order valence-electron chi connectivity index (χ3n) is 22.7. The van der Waals surface area contributed by atoms with Crippen molar-refractivity contribution in [1.29, 1.82) is 0 Å². The predicted molar refractivity (Wildman–Crippen MR) is 367 cm³/mol. The summed E-state index contributed by atoms with van der Waals surface area (Å²) in [7, 11) is 10.0. The molecular weight excluding hydrogens is 1320 g/mol. The number of ether oxygens (including phenoxy) is 1. The normalized spacial score (nSPS) is 30.7. The van der Waals surface area contributed by atoms with Gasteiger partial charge >= 0.3 is 6.18 Å². The quantitative estimate of drug-likeness (QED) is 0.215. The van der Waals surface area contributed by atoms with Crippen molar-refractivity contribution >= 4 is 82.5 Å². The Bertz CT molecular complexity index is 2930. The number of likely N-dealkylation sites (tertiary alicyclic amines) is 1. The molecule has 3 saturated carbocycles. The minimum Gasteiger partial charge on any atom is -0.385 e. The zero-order chi connectivity index (χ0) is 73.8. The summed E-state index contributed by atoms with van der Waals surface area (Å²) in [4.78, 5) is 191. The first-order valence-corrected chi connectivity index (χ1v) is 37.2. The van der Waals surface area contributed by atoms with Crippen molar-refractivity contribution in [2.75, 3.05) is 88.7 Å². The molecule has 1 spiro atoms. The summed E-state index contributed by atoms with van der Waals surface area (Å²) in [6.45, 7) is 9.02. The molecule has 0 radical (unpaired) electrons. The van der Waals surface area contributed by atoms with E-state index in [2.05, 4.69) is 16.0 Å². The van der Waals surface area contributed by atoms with Crippen molar-refractivity contribution in [2.24, 2.45) is 29.6 Å². The van der Waals surface area contributed by atoms with Gasteiger partial charge in [-0.2, -0.15) is 13.2 Å². The molecule has 7 rings (SSSR count). The van der Waals surface area contributed by atoms with E-state index < -0.39 is 167 Å². The Morgan fingerprint density at radius 3 is 1.82 bits per heavy atom. The Balaban J connectivity index is 1.27. The molecule has 3 unspecified atom stereocenters. The Morgan fingerprint density at radius 2 is 1.23 bits per heavy atom. The number of amides is 12. The van der Waals surface area contributed by atoms with Crippen LogP contribution in [-0.2, 0) is 62.3 Å². The van der Waals surface area contributed by atoms with E-state index in [0.717, 1.165) is 38.5 Å². The van der Waals surface area contributed by atoms with E-state index in [-0.39, 0.29) is 114 Å². The van der Waals surface area contributed by atoms with E-state index in [9.17, 15) is 51.5 Å². The number of hydrogen-bond acceptors (Lipinski definition) is 13. The average molecular weight is 1440 g/mol. The molecule has 564 valence electrons. The summed E-state index contributed by atoms with van der Waals surface area (Å²) in [5.41, 5.74) is -1.57. The number of carbonyl (C=O) groups excluding carboxylic acids is 12. The highest BCUT2D eigenvalue weighted by molar-refractivity contribution is 6.21. The largest absolute Gasteiger partial charge is 0.393 e. The molecular formula is C71H114ClF3N12O13. The van der Waals surface area contributed by atoms with Crippen LogP contribution in [0.1, 0.15) is 189 Å². The van der Waals surface area contributed by atoms with E-state index in [1.807, 2.05) is 13.8 Å². The Kier molecular flexibility index (Phi) is 28.9. The molecule has 25 nitrogen and oxygen atoms in total. The van der Waals surface area contributed by atoms with E-state index in [4.69, 9.17) is 16.3 Å². The van der Waals surface area contributed by atoms with Crippen LogP contribution in [0.4, 0.5) is 13.2 Å². The standard InChI is InChI=1S/C71H114ClF3N12O13/c1-43(2)38-54-60(90)77-51(30-37-100-12)63(93)80(7)45(5)62(92)87-36-29-53(87)66(96)82(9)55(40-46-22-15-13-16-23-46)65(95)79(6)42-57(88)76-50(28-26-47-25-27-48(49(72)39-47)71(73,74)75)64(94)86-35-21-24-52(86)61(91)78-70(31-17-18-32-70)69(99)84(11)59(44(3)4)68(98)83(10)56(41-58(89)81(54)8)67(97)85-33-19-14-20-34-85/h43-56,59H,13-42H2,1-12H3,(H,76,88)(H,77,90)(H,78,91)/t45-,47?,48?,49?,50-,51-,52-,53-,54-,55-,56-,59-/m0/s1. The average Bonchev–Trinajstić information content (AvgIpc) is 1.28. The van der Waals surface area contributed by atoms with Crippen molar-refractivity contribution in [3.05, 3.63) is 0 Å². The number of nitrogens with one attached hydrogen (secondary N) is 3. The number of nitrogens with zero attached hydrogens (tertiary/aromatic N) is 9. The zero-order valence-electron chi connectivity index (χ0n) is 61.2. The summed E-state index contributed by atoms with van der Waals surface area (Å²) in [5.74, 6) is -10.5. The summed E-state index contributed by atoms with van der Waals surface area (Å²) in [6, 6.07) is -11.0.